The average molecular weight is 472 g/mol. The summed E-state index contributed by atoms with van der Waals surface area (Å²) in [4.78, 5) is 7.23. The third kappa shape index (κ3) is 3.47. The summed E-state index contributed by atoms with van der Waals surface area (Å²) in [6.45, 7) is 18.6. The highest BCUT2D eigenvalue weighted by Crippen LogP contribution is 2.33. The average Bonchev–Trinajstić information content (AvgIpc) is 3.45. The minimum atomic E-state index is 0.229. The van der Waals surface area contributed by atoms with E-state index in [0.717, 1.165) is 0 Å². The van der Waals surface area contributed by atoms with Gasteiger partial charge in [-0.1, -0.05) is 70.1 Å². The van der Waals surface area contributed by atoms with Gasteiger partial charge in [-0.2, -0.15) is 0 Å². The van der Waals surface area contributed by atoms with Gasteiger partial charge in [0.15, 0.2) is 0 Å². The Morgan fingerprint density at radius 3 is 1.39 bits per heavy atom. The van der Waals surface area contributed by atoms with E-state index >= 15 is 0 Å². The second-order valence-electron chi connectivity index (χ2n) is 12.0. The predicted octanol–water partition coefficient (Wildman–Crippen LogP) is 7.13. The minimum Gasteiger partial charge on any atom is -0.359 e. The Bertz CT molecular complexity index is 1530. The quantitative estimate of drug-likeness (QED) is 0.256. The molecule has 0 bridgehead atoms. The van der Waals surface area contributed by atoms with Crippen molar-refractivity contribution in [3.63, 3.8) is 0 Å². The van der Waals surface area contributed by atoms with E-state index in [9.17, 15) is 0 Å². The summed E-state index contributed by atoms with van der Waals surface area (Å²) in [7, 11) is 0. The largest absolute Gasteiger partial charge is 0.359 e. The van der Waals surface area contributed by atoms with Gasteiger partial charge in [-0.25, -0.2) is 0 Å². The van der Waals surface area contributed by atoms with Crippen LogP contribution in [0.3, 0.4) is 0 Å². The molecule has 36 heavy (non-hydrogen) atoms. The third-order valence-corrected chi connectivity index (χ3v) is 8.23. The lowest BCUT2D eigenvalue weighted by Crippen LogP contribution is -2.52. The molecule has 3 heterocycles. The van der Waals surface area contributed by atoms with E-state index in [-0.39, 0.29) is 6.71 Å². The number of aromatic nitrogens is 2. The van der Waals surface area contributed by atoms with Crippen LogP contribution in [0.2, 0.25) is 0 Å². The standard InChI is InChI=1S/C33H37BN2/c1-17(2)22-11-25(18(3)4)33(26(12-22)19(5)6)34-29-15-31-23(9-20(7)35-31)13-27(29)28-14-24-10-21(8)36-32(24)16-30(28)34/h9-19,35-36H,1-8H3. The predicted molar refractivity (Wildman–Crippen MR) is 158 cm³/mol. The fourth-order valence-electron chi connectivity index (χ4n) is 6.45. The summed E-state index contributed by atoms with van der Waals surface area (Å²) in [5, 5.41) is 2.60. The van der Waals surface area contributed by atoms with E-state index < -0.39 is 0 Å². The number of benzene rings is 3. The molecule has 2 nitrogen and oxygen atoms in total. The van der Waals surface area contributed by atoms with Gasteiger partial charge in [0.1, 0.15) is 0 Å². The molecule has 6 rings (SSSR count). The molecule has 0 spiro atoms. The lowest BCUT2D eigenvalue weighted by Gasteiger charge is -2.26. The van der Waals surface area contributed by atoms with Gasteiger partial charge >= 0.3 is 0 Å². The zero-order valence-electron chi connectivity index (χ0n) is 22.9. The molecule has 1 aliphatic rings. The molecule has 0 aliphatic carbocycles. The van der Waals surface area contributed by atoms with Gasteiger partial charge in [0.05, 0.1) is 0 Å². The summed E-state index contributed by atoms with van der Waals surface area (Å²) in [6, 6.07) is 19.3. The molecule has 2 N–H and O–H groups in total. The van der Waals surface area contributed by atoms with Crippen LogP contribution in [0.1, 0.15) is 87.4 Å². The van der Waals surface area contributed by atoms with E-state index in [1.165, 1.54) is 77.4 Å². The van der Waals surface area contributed by atoms with E-state index in [0.29, 0.717) is 17.8 Å². The Morgan fingerprint density at radius 1 is 0.556 bits per heavy atom. The Hall–Kier alpha value is -3.20. The normalized spacial score (nSPS) is 13.1. The Kier molecular flexibility index (Phi) is 5.26. The molecule has 3 heteroatoms. The first kappa shape index (κ1) is 23.2. The Labute approximate surface area is 215 Å². The van der Waals surface area contributed by atoms with E-state index in [4.69, 9.17) is 0 Å². The lowest BCUT2D eigenvalue weighted by molar-refractivity contribution is 0.812. The van der Waals surface area contributed by atoms with Crippen LogP contribution >= 0.6 is 0 Å². The van der Waals surface area contributed by atoms with Crippen molar-refractivity contribution in [3.05, 3.63) is 76.6 Å². The van der Waals surface area contributed by atoms with Crippen molar-refractivity contribution in [1.29, 1.82) is 0 Å². The number of hydrogen-bond donors (Lipinski definition) is 2. The maximum Gasteiger partial charge on any atom is 0.243 e. The first-order chi connectivity index (χ1) is 17.1. The summed E-state index contributed by atoms with van der Waals surface area (Å²) in [5.74, 6) is 1.42. The lowest BCUT2D eigenvalue weighted by atomic mass is 9.36. The maximum absolute atomic E-state index is 3.61. The van der Waals surface area contributed by atoms with Crippen LogP contribution in [0.4, 0.5) is 0 Å². The molecule has 0 saturated carbocycles. The highest BCUT2D eigenvalue weighted by Gasteiger charge is 2.38. The zero-order valence-corrected chi connectivity index (χ0v) is 22.9. The molecule has 0 atom stereocenters. The molecule has 182 valence electrons. The summed E-state index contributed by atoms with van der Waals surface area (Å²) in [5.41, 5.74) is 16.5. The van der Waals surface area contributed by atoms with E-state index in [1.54, 1.807) is 0 Å². The van der Waals surface area contributed by atoms with Crippen LogP contribution in [0.25, 0.3) is 32.9 Å². The third-order valence-electron chi connectivity index (χ3n) is 8.23. The Morgan fingerprint density at radius 2 is 1.00 bits per heavy atom. The molecule has 0 amide bonds. The summed E-state index contributed by atoms with van der Waals surface area (Å²) < 4.78 is 0. The van der Waals surface area contributed by atoms with Crippen molar-refractivity contribution in [1.82, 2.24) is 9.97 Å². The van der Waals surface area contributed by atoms with Crippen LogP contribution in [0.5, 0.6) is 0 Å². The van der Waals surface area contributed by atoms with E-state index in [2.05, 4.69) is 114 Å². The van der Waals surface area contributed by atoms with Crippen LogP contribution in [-0.2, 0) is 0 Å². The van der Waals surface area contributed by atoms with Gasteiger partial charge in [-0.05, 0) is 95.8 Å². The topological polar surface area (TPSA) is 31.6 Å². The van der Waals surface area contributed by atoms with Gasteiger partial charge in [-0.3, -0.25) is 0 Å². The van der Waals surface area contributed by atoms with Crippen LogP contribution in [0.15, 0.2) is 48.5 Å². The van der Waals surface area contributed by atoms with Gasteiger partial charge in [0.25, 0.3) is 0 Å². The van der Waals surface area contributed by atoms with Crippen LogP contribution < -0.4 is 16.4 Å². The molecule has 0 saturated heterocycles. The van der Waals surface area contributed by atoms with Crippen molar-refractivity contribution in [2.45, 2.75) is 73.1 Å². The van der Waals surface area contributed by atoms with Crippen LogP contribution in [-0.4, -0.2) is 16.7 Å². The van der Waals surface area contributed by atoms with Gasteiger partial charge in [0.2, 0.25) is 6.71 Å². The first-order valence-electron chi connectivity index (χ1n) is 13.6. The zero-order chi connectivity index (χ0) is 25.5. The molecule has 5 aromatic rings. The van der Waals surface area contributed by atoms with Gasteiger partial charge in [0, 0.05) is 33.2 Å². The molecule has 0 unspecified atom stereocenters. The molecular weight excluding hydrogens is 435 g/mol. The highest BCUT2D eigenvalue weighted by molar-refractivity contribution is 6.99. The minimum absolute atomic E-state index is 0.229. The monoisotopic (exact) mass is 472 g/mol. The second-order valence-corrected chi connectivity index (χ2v) is 12.0. The summed E-state index contributed by atoms with van der Waals surface area (Å²) >= 11 is 0. The fraction of sp³-hybridized carbons (Fsp3) is 0.333. The van der Waals surface area contributed by atoms with Gasteiger partial charge in [-0.15, -0.1) is 0 Å². The maximum atomic E-state index is 3.61. The molecule has 1 aliphatic heterocycles. The van der Waals surface area contributed by atoms with Crippen molar-refractivity contribution in [2.75, 3.05) is 0 Å². The number of rotatable bonds is 4. The molecular formula is C33H37BN2. The van der Waals surface area contributed by atoms with E-state index in [1.807, 2.05) is 0 Å². The molecule has 0 fully saturated rings. The number of fused-ring (bicyclic) bond motifs is 5. The summed E-state index contributed by atoms with van der Waals surface area (Å²) in [6.07, 6.45) is 0. The van der Waals surface area contributed by atoms with Crippen molar-refractivity contribution >= 4 is 44.9 Å². The van der Waals surface area contributed by atoms with Crippen molar-refractivity contribution in [2.24, 2.45) is 0 Å². The molecule has 2 aromatic heterocycles. The number of aromatic amines is 2. The number of aryl methyl sites for hydroxylation is 2. The first-order valence-corrected chi connectivity index (χ1v) is 13.6. The molecule has 0 radical (unpaired) electrons. The smallest absolute Gasteiger partial charge is 0.243 e. The number of hydrogen-bond acceptors (Lipinski definition) is 0. The van der Waals surface area contributed by atoms with Gasteiger partial charge < -0.3 is 9.97 Å². The number of H-pyrrole nitrogens is 2. The van der Waals surface area contributed by atoms with Crippen LogP contribution in [0, 0.1) is 13.8 Å². The second kappa shape index (κ2) is 8.16. The molecule has 3 aromatic carbocycles. The SMILES string of the molecule is Cc1cc2cc3c(cc2[nH]1)B(c1c(C(C)C)cc(C(C)C)cc1C(C)C)c1cc2[nH]c(C)cc2cc1-3. The van der Waals surface area contributed by atoms with Crippen molar-refractivity contribution in [3.8, 4) is 11.1 Å². The highest BCUT2D eigenvalue weighted by atomic mass is 14.7. The van der Waals surface area contributed by atoms with Crippen molar-refractivity contribution < 1.29 is 0 Å². The fourth-order valence-corrected chi connectivity index (χ4v) is 6.45. The Balaban J connectivity index is 1.73. The number of nitrogens with one attached hydrogen (secondary N) is 2.